The maximum absolute atomic E-state index is 13.2. The molecule has 0 bridgehead atoms. The smallest absolute Gasteiger partial charge is 0.337 e. The lowest BCUT2D eigenvalue weighted by molar-refractivity contribution is 0.0595. The van der Waals surface area contributed by atoms with E-state index in [0.29, 0.717) is 43.2 Å². The molecule has 0 spiro atoms. The highest BCUT2D eigenvalue weighted by Gasteiger charge is 2.33. The first-order valence-electron chi connectivity index (χ1n) is 11.6. The second-order valence-corrected chi connectivity index (χ2v) is 11.3. The molecule has 0 unspecified atom stereocenters. The Morgan fingerprint density at radius 2 is 2.03 bits per heavy atom. The maximum Gasteiger partial charge on any atom is 0.337 e. The van der Waals surface area contributed by atoms with Crippen LogP contribution in [0, 0.1) is 12.8 Å². The van der Waals surface area contributed by atoms with Gasteiger partial charge in [0.2, 0.25) is 10.0 Å². The SMILES string of the molecule is Cc1ccc(C(=O)O)c(S(=O)(=O)N2CCC(n3ncc(NC[C@H]4CCCOC4)c(Cl)c3=O)CC2)c1. The van der Waals surface area contributed by atoms with Crippen LogP contribution in [-0.2, 0) is 14.8 Å². The van der Waals surface area contributed by atoms with Crippen LogP contribution in [0.2, 0.25) is 5.02 Å². The molecular weight excluding hydrogens is 496 g/mol. The first kappa shape index (κ1) is 25.6. The van der Waals surface area contributed by atoms with Crippen molar-refractivity contribution in [2.24, 2.45) is 5.92 Å². The molecule has 190 valence electrons. The van der Waals surface area contributed by atoms with Gasteiger partial charge in [-0.25, -0.2) is 17.9 Å². The number of nitrogens with one attached hydrogen (secondary N) is 1. The number of piperidine rings is 1. The van der Waals surface area contributed by atoms with Crippen molar-refractivity contribution < 1.29 is 23.1 Å². The quantitative estimate of drug-likeness (QED) is 0.565. The molecule has 2 aliphatic rings. The molecule has 35 heavy (non-hydrogen) atoms. The van der Waals surface area contributed by atoms with Gasteiger partial charge in [-0.2, -0.15) is 9.40 Å². The van der Waals surface area contributed by atoms with E-state index < -0.39 is 21.6 Å². The van der Waals surface area contributed by atoms with Gasteiger partial charge in [0.1, 0.15) is 5.02 Å². The van der Waals surface area contributed by atoms with Gasteiger partial charge in [0.25, 0.3) is 5.56 Å². The number of carboxylic acids is 1. The normalized spacial score (nSPS) is 20.0. The Morgan fingerprint density at radius 1 is 1.29 bits per heavy atom. The Bertz CT molecular complexity index is 1250. The number of halogens is 1. The number of hydrogen-bond acceptors (Lipinski definition) is 7. The summed E-state index contributed by atoms with van der Waals surface area (Å²) < 4.78 is 34.5. The van der Waals surface area contributed by atoms with Crippen molar-refractivity contribution in [3.8, 4) is 0 Å². The first-order chi connectivity index (χ1) is 16.7. The third-order valence-electron chi connectivity index (χ3n) is 6.53. The zero-order valence-electron chi connectivity index (χ0n) is 19.4. The molecule has 2 N–H and O–H groups in total. The summed E-state index contributed by atoms with van der Waals surface area (Å²) in [7, 11) is -4.01. The number of nitrogens with zero attached hydrogens (tertiary/aromatic N) is 3. The largest absolute Gasteiger partial charge is 0.478 e. The summed E-state index contributed by atoms with van der Waals surface area (Å²) in [4.78, 5) is 24.3. The molecule has 0 radical (unpaired) electrons. The summed E-state index contributed by atoms with van der Waals surface area (Å²) in [6.07, 6.45) is 4.29. The van der Waals surface area contributed by atoms with E-state index in [0.717, 1.165) is 19.4 Å². The number of rotatable bonds is 7. The van der Waals surface area contributed by atoms with E-state index in [4.69, 9.17) is 16.3 Å². The summed E-state index contributed by atoms with van der Waals surface area (Å²) in [5, 5.41) is 17.0. The Kier molecular flexibility index (Phi) is 7.80. The van der Waals surface area contributed by atoms with Gasteiger partial charge in [0.15, 0.2) is 0 Å². The van der Waals surface area contributed by atoms with Crippen LogP contribution in [0.3, 0.4) is 0 Å². The molecule has 0 amide bonds. The van der Waals surface area contributed by atoms with Crippen molar-refractivity contribution in [2.75, 3.05) is 38.2 Å². The fraction of sp³-hybridized carbons (Fsp3) is 0.522. The lowest BCUT2D eigenvalue weighted by atomic mass is 10.0. The van der Waals surface area contributed by atoms with Crippen LogP contribution in [0.1, 0.15) is 47.6 Å². The predicted octanol–water partition coefficient (Wildman–Crippen LogP) is 2.77. The van der Waals surface area contributed by atoms with Gasteiger partial charge >= 0.3 is 5.97 Å². The van der Waals surface area contributed by atoms with Crippen molar-refractivity contribution in [3.05, 3.63) is 50.9 Å². The van der Waals surface area contributed by atoms with Crippen LogP contribution in [0.15, 0.2) is 34.1 Å². The number of aromatic nitrogens is 2. The fourth-order valence-electron chi connectivity index (χ4n) is 4.54. The Labute approximate surface area is 208 Å². The molecule has 0 saturated carbocycles. The molecule has 1 aromatic carbocycles. The van der Waals surface area contributed by atoms with Crippen LogP contribution < -0.4 is 10.9 Å². The molecule has 2 saturated heterocycles. The van der Waals surface area contributed by atoms with E-state index in [1.54, 1.807) is 13.0 Å². The summed E-state index contributed by atoms with van der Waals surface area (Å²) in [5.74, 6) is -0.947. The van der Waals surface area contributed by atoms with Crippen LogP contribution in [0.5, 0.6) is 0 Å². The highest BCUT2D eigenvalue weighted by atomic mass is 35.5. The van der Waals surface area contributed by atoms with E-state index in [1.807, 2.05) is 0 Å². The van der Waals surface area contributed by atoms with Gasteiger partial charge in [0, 0.05) is 26.2 Å². The molecule has 10 nitrogen and oxygen atoms in total. The van der Waals surface area contributed by atoms with E-state index in [2.05, 4.69) is 10.4 Å². The van der Waals surface area contributed by atoms with Gasteiger partial charge < -0.3 is 15.2 Å². The monoisotopic (exact) mass is 524 g/mol. The molecule has 1 atom stereocenters. The molecule has 0 aliphatic carbocycles. The number of ether oxygens (including phenoxy) is 1. The Hall–Kier alpha value is -2.47. The van der Waals surface area contributed by atoms with Gasteiger partial charge in [-0.1, -0.05) is 17.7 Å². The van der Waals surface area contributed by atoms with Crippen molar-refractivity contribution in [2.45, 2.75) is 43.5 Å². The van der Waals surface area contributed by atoms with Crippen molar-refractivity contribution in [3.63, 3.8) is 0 Å². The zero-order chi connectivity index (χ0) is 25.2. The molecule has 1 aromatic heterocycles. The molecule has 2 aliphatic heterocycles. The van der Waals surface area contributed by atoms with Crippen LogP contribution in [-0.4, -0.2) is 66.4 Å². The maximum atomic E-state index is 13.2. The molecule has 4 rings (SSSR count). The summed E-state index contributed by atoms with van der Waals surface area (Å²) in [6, 6.07) is 3.93. The lowest BCUT2D eigenvalue weighted by Gasteiger charge is -2.32. The Balaban J connectivity index is 1.45. The van der Waals surface area contributed by atoms with Crippen LogP contribution in [0.25, 0.3) is 0 Å². The van der Waals surface area contributed by atoms with Crippen molar-refractivity contribution in [1.82, 2.24) is 14.1 Å². The minimum absolute atomic E-state index is 0.0534. The average molecular weight is 525 g/mol. The number of benzene rings is 1. The molecule has 3 heterocycles. The van der Waals surface area contributed by atoms with Crippen LogP contribution >= 0.6 is 11.6 Å². The third kappa shape index (κ3) is 5.53. The van der Waals surface area contributed by atoms with E-state index >= 15 is 0 Å². The summed E-state index contributed by atoms with van der Waals surface area (Å²) in [5.41, 5.74) is 0.438. The molecular formula is C23H29ClN4O6S. The lowest BCUT2D eigenvalue weighted by Crippen LogP contribution is -2.42. The second-order valence-electron chi connectivity index (χ2n) is 9.03. The molecule has 2 aromatic rings. The third-order valence-corrected chi connectivity index (χ3v) is 8.84. The van der Waals surface area contributed by atoms with Crippen molar-refractivity contribution >= 4 is 33.3 Å². The van der Waals surface area contributed by atoms with Crippen molar-refractivity contribution in [1.29, 1.82) is 0 Å². The van der Waals surface area contributed by atoms with Gasteiger partial charge in [-0.05, 0) is 56.2 Å². The summed E-state index contributed by atoms with van der Waals surface area (Å²) >= 11 is 6.35. The number of sulfonamides is 1. The highest BCUT2D eigenvalue weighted by Crippen LogP contribution is 2.29. The summed E-state index contributed by atoms with van der Waals surface area (Å²) in [6.45, 7) is 4.06. The highest BCUT2D eigenvalue weighted by molar-refractivity contribution is 7.89. The number of aryl methyl sites for hydroxylation is 1. The standard InChI is InChI=1S/C23H29ClN4O6S/c1-15-4-5-18(23(30)31)20(11-15)35(32,33)27-8-6-17(7-9-27)28-22(29)21(24)19(13-26-28)25-12-16-3-2-10-34-14-16/h4-5,11,13,16-17,25H,2-3,6-10,12,14H2,1H3,(H,30,31)/t16-/m1/s1. The second kappa shape index (κ2) is 10.7. The molecule has 2 fully saturated rings. The topological polar surface area (TPSA) is 131 Å². The molecule has 12 heteroatoms. The predicted molar refractivity (Wildman–Crippen MR) is 131 cm³/mol. The number of carboxylic acid groups (broad SMARTS) is 1. The first-order valence-corrected chi connectivity index (χ1v) is 13.4. The average Bonchev–Trinajstić information content (AvgIpc) is 2.85. The Morgan fingerprint density at radius 3 is 2.69 bits per heavy atom. The van der Waals surface area contributed by atoms with Gasteiger partial charge in [-0.3, -0.25) is 4.79 Å². The van der Waals surface area contributed by atoms with E-state index in [9.17, 15) is 23.1 Å². The minimum atomic E-state index is -4.01. The fourth-order valence-corrected chi connectivity index (χ4v) is 6.48. The number of aromatic carboxylic acids is 1. The van der Waals surface area contributed by atoms with Gasteiger partial charge in [0.05, 0.1) is 35.0 Å². The van der Waals surface area contributed by atoms with E-state index in [1.165, 1.54) is 27.3 Å². The van der Waals surface area contributed by atoms with Gasteiger partial charge in [-0.15, -0.1) is 0 Å². The van der Waals surface area contributed by atoms with E-state index in [-0.39, 0.29) is 34.6 Å². The minimum Gasteiger partial charge on any atom is -0.478 e. The number of carbonyl (C=O) groups is 1. The number of anilines is 1. The van der Waals surface area contributed by atoms with Crippen LogP contribution in [0.4, 0.5) is 5.69 Å². The zero-order valence-corrected chi connectivity index (χ0v) is 21.0. The number of hydrogen-bond donors (Lipinski definition) is 2.